The fourth-order valence-corrected chi connectivity index (χ4v) is 5.24. The molecule has 0 aromatic heterocycles. The normalized spacial score (nSPS) is 19.3. The van der Waals surface area contributed by atoms with Gasteiger partial charge in [-0.25, -0.2) is 17.6 Å². The fourth-order valence-electron chi connectivity index (χ4n) is 3.74. The topological polar surface area (TPSA) is 126 Å². The molecule has 2 amide bonds. The molecule has 10 nitrogen and oxygen atoms in total. The zero-order valence-electron chi connectivity index (χ0n) is 20.8. The van der Waals surface area contributed by atoms with E-state index >= 15 is 0 Å². The van der Waals surface area contributed by atoms with Crippen molar-refractivity contribution in [2.75, 3.05) is 29.3 Å². The second-order valence-corrected chi connectivity index (χ2v) is 11.3. The fraction of sp³-hybridized carbons (Fsp3) is 0.417. The summed E-state index contributed by atoms with van der Waals surface area (Å²) in [6.07, 6.45) is -6.38. The molecular weight excluding hydrogens is 548 g/mol. The van der Waals surface area contributed by atoms with E-state index in [2.05, 4.69) is 20.7 Å². The van der Waals surface area contributed by atoms with E-state index in [1.54, 1.807) is 0 Å². The Hall–Kier alpha value is -3.59. The van der Waals surface area contributed by atoms with Crippen LogP contribution in [-0.2, 0) is 19.6 Å². The SMILES string of the molecule is CC(C)(OC(=O)Nc1ccc2c(c1)N(S(=O)(=O)c1ccc(F)cc1)C[C@H](CNC(=O)C1CCN1)O2)C(F)(F)F. The summed E-state index contributed by atoms with van der Waals surface area (Å²) in [6, 6.07) is 7.61. The summed E-state index contributed by atoms with van der Waals surface area (Å²) < 4.78 is 91.2. The molecule has 4 rings (SSSR count). The quantitative estimate of drug-likeness (QED) is 0.434. The van der Waals surface area contributed by atoms with Gasteiger partial charge in [-0.15, -0.1) is 0 Å². The molecule has 1 saturated heterocycles. The first-order valence-electron chi connectivity index (χ1n) is 11.8. The van der Waals surface area contributed by atoms with E-state index in [0.717, 1.165) is 28.6 Å². The standard InChI is InChI=1S/C24H26F4N4O6S/c1-23(2,24(26,27)28)38-22(34)31-15-5-8-20-19(11-15)32(39(35,36)17-6-3-14(25)4-7-17)13-16(37-20)12-30-21(33)18-9-10-29-18/h3-8,11,16,18,29H,9-10,12-13H2,1-2H3,(H,30,33)(H,31,34)/t16-,18?/m0/s1. The summed E-state index contributed by atoms with van der Waals surface area (Å²) >= 11 is 0. The van der Waals surface area contributed by atoms with Crippen molar-refractivity contribution in [3.8, 4) is 5.75 Å². The number of halogens is 4. The Morgan fingerprint density at radius 3 is 2.41 bits per heavy atom. The van der Waals surface area contributed by atoms with Crippen LogP contribution in [0, 0.1) is 5.82 Å². The monoisotopic (exact) mass is 574 g/mol. The first-order chi connectivity index (χ1) is 18.2. The third-order valence-electron chi connectivity index (χ3n) is 6.21. The average molecular weight is 575 g/mol. The number of carbonyl (C=O) groups excluding carboxylic acids is 2. The van der Waals surface area contributed by atoms with Gasteiger partial charge in [-0.3, -0.25) is 14.4 Å². The van der Waals surface area contributed by atoms with Gasteiger partial charge in [0.15, 0.2) is 0 Å². The van der Waals surface area contributed by atoms with Gasteiger partial charge in [0, 0.05) is 5.69 Å². The van der Waals surface area contributed by atoms with E-state index in [0.29, 0.717) is 26.8 Å². The molecule has 2 aromatic rings. The van der Waals surface area contributed by atoms with Crippen molar-refractivity contribution in [3.05, 3.63) is 48.3 Å². The molecule has 3 N–H and O–H groups in total. The maximum atomic E-state index is 13.6. The van der Waals surface area contributed by atoms with Crippen LogP contribution in [0.1, 0.15) is 20.3 Å². The van der Waals surface area contributed by atoms with Crippen molar-refractivity contribution in [1.82, 2.24) is 10.6 Å². The van der Waals surface area contributed by atoms with Gasteiger partial charge < -0.3 is 20.1 Å². The van der Waals surface area contributed by atoms with Crippen LogP contribution in [0.3, 0.4) is 0 Å². The second-order valence-electron chi connectivity index (χ2n) is 9.48. The Balaban J connectivity index is 1.60. The van der Waals surface area contributed by atoms with Crippen molar-refractivity contribution in [1.29, 1.82) is 0 Å². The summed E-state index contributed by atoms with van der Waals surface area (Å²) in [5.41, 5.74) is -2.88. The Morgan fingerprint density at radius 1 is 1.15 bits per heavy atom. The van der Waals surface area contributed by atoms with E-state index in [1.807, 2.05) is 0 Å². The number of anilines is 2. The van der Waals surface area contributed by atoms with Gasteiger partial charge in [0.05, 0.1) is 29.7 Å². The Kier molecular flexibility index (Phi) is 7.67. The van der Waals surface area contributed by atoms with Gasteiger partial charge in [0.1, 0.15) is 17.7 Å². The van der Waals surface area contributed by atoms with Gasteiger partial charge in [-0.05, 0) is 69.3 Å². The zero-order chi connectivity index (χ0) is 28.6. The predicted octanol–water partition coefficient (Wildman–Crippen LogP) is 3.15. The van der Waals surface area contributed by atoms with Gasteiger partial charge in [0.2, 0.25) is 11.5 Å². The number of carbonyl (C=O) groups is 2. The van der Waals surface area contributed by atoms with Crippen molar-refractivity contribution in [3.63, 3.8) is 0 Å². The average Bonchev–Trinajstić information content (AvgIpc) is 2.80. The van der Waals surface area contributed by atoms with Crippen molar-refractivity contribution in [2.45, 2.75) is 49.1 Å². The minimum Gasteiger partial charge on any atom is -0.484 e. The highest BCUT2D eigenvalue weighted by Gasteiger charge is 2.51. The number of nitrogens with one attached hydrogen (secondary N) is 3. The Morgan fingerprint density at radius 2 is 1.82 bits per heavy atom. The lowest BCUT2D eigenvalue weighted by Gasteiger charge is -2.36. The highest BCUT2D eigenvalue weighted by atomic mass is 32.2. The lowest BCUT2D eigenvalue weighted by Crippen LogP contribution is -2.55. The molecule has 2 aliphatic heterocycles. The molecule has 2 atom stereocenters. The van der Waals surface area contributed by atoms with E-state index in [9.17, 15) is 35.6 Å². The van der Waals surface area contributed by atoms with Gasteiger partial charge in [-0.1, -0.05) is 0 Å². The number of alkyl halides is 3. The van der Waals surface area contributed by atoms with E-state index in [1.165, 1.54) is 18.2 Å². The van der Waals surface area contributed by atoms with Crippen molar-refractivity contribution in [2.24, 2.45) is 0 Å². The Bertz CT molecular complexity index is 1350. The number of benzene rings is 2. The molecule has 39 heavy (non-hydrogen) atoms. The first kappa shape index (κ1) is 28.4. The van der Waals surface area contributed by atoms with Crippen LogP contribution in [-0.4, -0.2) is 64.0 Å². The Labute approximate surface area is 221 Å². The van der Waals surface area contributed by atoms with Crippen LogP contribution >= 0.6 is 0 Å². The van der Waals surface area contributed by atoms with Gasteiger partial charge in [-0.2, -0.15) is 13.2 Å². The summed E-state index contributed by atoms with van der Waals surface area (Å²) in [5.74, 6) is -0.834. The number of fused-ring (bicyclic) bond motifs is 1. The molecule has 0 radical (unpaired) electrons. The number of hydrogen-bond donors (Lipinski definition) is 3. The summed E-state index contributed by atoms with van der Waals surface area (Å²) in [4.78, 5) is 24.2. The maximum Gasteiger partial charge on any atom is 0.427 e. The number of rotatable bonds is 7. The lowest BCUT2D eigenvalue weighted by molar-refractivity contribution is -0.242. The van der Waals surface area contributed by atoms with E-state index in [-0.39, 0.29) is 47.1 Å². The number of nitrogens with zero attached hydrogens (tertiary/aromatic N) is 1. The molecule has 0 saturated carbocycles. The number of hydrogen-bond acceptors (Lipinski definition) is 7. The highest BCUT2D eigenvalue weighted by molar-refractivity contribution is 7.92. The summed E-state index contributed by atoms with van der Waals surface area (Å²) in [5, 5.41) is 7.83. The summed E-state index contributed by atoms with van der Waals surface area (Å²) in [6.45, 7) is 1.80. The molecule has 0 aliphatic carbocycles. The molecule has 212 valence electrons. The van der Waals surface area contributed by atoms with Crippen LogP contribution in [0.15, 0.2) is 47.4 Å². The van der Waals surface area contributed by atoms with Gasteiger partial charge in [0.25, 0.3) is 10.0 Å². The lowest BCUT2D eigenvalue weighted by atomic mass is 10.1. The molecule has 2 aromatic carbocycles. The van der Waals surface area contributed by atoms with Crippen molar-refractivity contribution < 1.29 is 45.0 Å². The minimum absolute atomic E-state index is 0.0231. The molecule has 1 fully saturated rings. The van der Waals surface area contributed by atoms with Crippen LogP contribution in [0.2, 0.25) is 0 Å². The number of amides is 2. The van der Waals surface area contributed by atoms with Crippen LogP contribution < -0.4 is 25.0 Å². The molecular formula is C24H26F4N4O6S. The second kappa shape index (κ2) is 10.5. The molecule has 2 heterocycles. The first-order valence-corrected chi connectivity index (χ1v) is 13.3. The van der Waals surface area contributed by atoms with Crippen LogP contribution in [0.4, 0.5) is 33.7 Å². The molecule has 15 heteroatoms. The smallest absolute Gasteiger partial charge is 0.427 e. The third-order valence-corrected chi connectivity index (χ3v) is 8.01. The predicted molar refractivity (Wildman–Crippen MR) is 131 cm³/mol. The van der Waals surface area contributed by atoms with E-state index < -0.39 is 39.8 Å². The number of sulfonamides is 1. The molecule has 2 aliphatic rings. The van der Waals surface area contributed by atoms with E-state index in [4.69, 9.17) is 4.74 Å². The van der Waals surface area contributed by atoms with Crippen molar-refractivity contribution >= 4 is 33.4 Å². The summed E-state index contributed by atoms with van der Waals surface area (Å²) in [7, 11) is -4.30. The highest BCUT2D eigenvalue weighted by Crippen LogP contribution is 2.39. The third kappa shape index (κ3) is 6.19. The van der Waals surface area contributed by atoms with Gasteiger partial charge >= 0.3 is 12.3 Å². The zero-order valence-corrected chi connectivity index (χ0v) is 21.7. The molecule has 0 spiro atoms. The minimum atomic E-state index is -4.83. The molecule has 1 unspecified atom stereocenters. The van der Waals surface area contributed by atoms with Crippen LogP contribution in [0.5, 0.6) is 5.75 Å². The molecule has 0 bridgehead atoms. The van der Waals surface area contributed by atoms with Crippen LogP contribution in [0.25, 0.3) is 0 Å². The maximum absolute atomic E-state index is 13.6. The number of ether oxygens (including phenoxy) is 2. The largest absolute Gasteiger partial charge is 0.484 e.